The van der Waals surface area contributed by atoms with Gasteiger partial charge >= 0.3 is 11.7 Å². The smallest absolute Gasteiger partial charge is 0.326 e. The second kappa shape index (κ2) is 9.96. The molecule has 1 aromatic heterocycles. The average molecular weight is 544 g/mol. The van der Waals surface area contributed by atoms with E-state index in [1.807, 2.05) is 0 Å². The third kappa shape index (κ3) is 6.10. The number of hydrogen-bond donors (Lipinski definition) is 1. The molecule has 0 aliphatic heterocycles. The summed E-state index contributed by atoms with van der Waals surface area (Å²) in [7, 11) is -3.17. The predicted molar refractivity (Wildman–Crippen MR) is 114 cm³/mol. The van der Waals surface area contributed by atoms with Gasteiger partial charge in [-0.15, -0.1) is 0 Å². The van der Waals surface area contributed by atoms with Gasteiger partial charge < -0.3 is 5.32 Å². The highest BCUT2D eigenvalue weighted by Crippen LogP contribution is 2.37. The molecule has 0 aliphatic carbocycles. The average Bonchev–Trinajstić information content (AvgIpc) is 3.09. The Morgan fingerprint density at radius 2 is 1.68 bits per heavy atom. The van der Waals surface area contributed by atoms with Crippen LogP contribution >= 0.6 is 23.2 Å². The maximum atomic E-state index is 13.6. The van der Waals surface area contributed by atoms with Crippen molar-refractivity contribution < 1.29 is 35.3 Å². The van der Waals surface area contributed by atoms with Gasteiger partial charge in [0.25, 0.3) is 0 Å². The van der Waals surface area contributed by atoms with Crippen molar-refractivity contribution in [2.75, 3.05) is 5.32 Å². The number of aryl methyl sites for hydroxylation is 1. The molecule has 182 valence electrons. The van der Waals surface area contributed by atoms with Crippen LogP contribution < -0.4 is 5.32 Å². The first-order valence-corrected chi connectivity index (χ1v) is 11.2. The summed E-state index contributed by atoms with van der Waals surface area (Å²) in [5.41, 5.74) is -5.96. The largest absolute Gasteiger partial charge is 0.475 e. The zero-order valence-corrected chi connectivity index (χ0v) is 19.0. The van der Waals surface area contributed by atoms with Gasteiger partial charge in [0.2, 0.25) is 5.91 Å². The number of amides is 1. The van der Waals surface area contributed by atoms with Gasteiger partial charge in [-0.1, -0.05) is 35.3 Å². The maximum absolute atomic E-state index is 13.6. The number of rotatable bonds is 6. The predicted octanol–water partition coefficient (Wildman–Crippen LogP) is 6.40. The summed E-state index contributed by atoms with van der Waals surface area (Å²) in [5.74, 6) is -0.618. The molecule has 5 nitrogen and oxygen atoms in total. The van der Waals surface area contributed by atoms with Gasteiger partial charge in [0.1, 0.15) is 6.33 Å². The molecule has 1 amide bonds. The molecule has 3 aromatic rings. The molecule has 0 saturated heterocycles. The molecule has 0 radical (unpaired) electrons. The SMILES string of the molecule is O=C(CCc1ccc(S(=O)C(F)(F)F)cc1)Nc1ccc(-n2cnc(Cl)c2Cl)c(C(F)(F)F)c1. The normalized spacial score (nSPS) is 13.1. The fourth-order valence-electron chi connectivity index (χ4n) is 2.93. The fourth-order valence-corrected chi connectivity index (χ4v) is 3.89. The minimum absolute atomic E-state index is 0.0954. The third-order valence-electron chi connectivity index (χ3n) is 4.50. The number of imidazole rings is 1. The highest BCUT2D eigenvalue weighted by Gasteiger charge is 2.38. The van der Waals surface area contributed by atoms with Crippen molar-refractivity contribution in [3.63, 3.8) is 0 Å². The Balaban J connectivity index is 1.70. The molecule has 0 saturated carbocycles. The summed E-state index contributed by atoms with van der Waals surface area (Å²) in [6, 6.07) is 7.75. The van der Waals surface area contributed by atoms with E-state index in [2.05, 4.69) is 10.3 Å². The highest BCUT2D eigenvalue weighted by atomic mass is 35.5. The van der Waals surface area contributed by atoms with Crippen LogP contribution in [-0.4, -0.2) is 25.2 Å². The third-order valence-corrected chi connectivity index (χ3v) is 6.36. The van der Waals surface area contributed by atoms with Crippen molar-refractivity contribution in [3.8, 4) is 5.69 Å². The fraction of sp³-hybridized carbons (Fsp3) is 0.200. The Morgan fingerprint density at radius 3 is 2.21 bits per heavy atom. The maximum Gasteiger partial charge on any atom is 0.475 e. The molecule has 2 aromatic carbocycles. The van der Waals surface area contributed by atoms with Crippen LogP contribution in [0.1, 0.15) is 17.5 Å². The van der Waals surface area contributed by atoms with Crippen molar-refractivity contribution in [1.82, 2.24) is 9.55 Å². The van der Waals surface area contributed by atoms with Crippen molar-refractivity contribution >= 4 is 45.6 Å². The number of halogens is 8. The lowest BCUT2D eigenvalue weighted by atomic mass is 10.1. The Morgan fingerprint density at radius 1 is 1.03 bits per heavy atom. The molecule has 34 heavy (non-hydrogen) atoms. The summed E-state index contributed by atoms with van der Waals surface area (Å²) < 4.78 is 90.6. The van der Waals surface area contributed by atoms with Gasteiger partial charge in [0.15, 0.2) is 21.1 Å². The molecular weight excluding hydrogens is 531 g/mol. The molecule has 14 heteroatoms. The molecule has 1 N–H and O–H groups in total. The lowest BCUT2D eigenvalue weighted by Gasteiger charge is -2.16. The molecule has 1 unspecified atom stereocenters. The van der Waals surface area contributed by atoms with Gasteiger partial charge in [-0.05, 0) is 42.3 Å². The Hall–Kier alpha value is -2.57. The number of carbonyl (C=O) groups is 1. The molecule has 0 aliphatic rings. The second-order valence-corrected chi connectivity index (χ2v) is 9.02. The topological polar surface area (TPSA) is 64.0 Å². The first-order chi connectivity index (χ1) is 15.8. The minimum atomic E-state index is -4.89. The van der Waals surface area contributed by atoms with Crippen LogP contribution in [0.4, 0.5) is 32.0 Å². The molecule has 1 heterocycles. The van der Waals surface area contributed by atoms with E-state index in [9.17, 15) is 35.3 Å². The van der Waals surface area contributed by atoms with Crippen molar-refractivity contribution in [3.05, 3.63) is 70.2 Å². The molecule has 0 fully saturated rings. The number of benzene rings is 2. The van der Waals surface area contributed by atoms with E-state index >= 15 is 0 Å². The van der Waals surface area contributed by atoms with Gasteiger partial charge in [-0.2, -0.15) is 26.3 Å². The van der Waals surface area contributed by atoms with Crippen LogP contribution in [0.15, 0.2) is 53.7 Å². The lowest BCUT2D eigenvalue weighted by Crippen LogP contribution is -2.16. The number of aromatic nitrogens is 2. The van der Waals surface area contributed by atoms with Crippen LogP contribution in [0.2, 0.25) is 10.3 Å². The molecule has 0 spiro atoms. The number of nitrogens with one attached hydrogen (secondary N) is 1. The molecular formula is C20H13Cl2F6N3O2S. The Bertz CT molecular complexity index is 1230. The number of nitrogens with zero attached hydrogens (tertiary/aromatic N) is 2. The first kappa shape index (κ1) is 26.0. The van der Waals surface area contributed by atoms with E-state index in [4.69, 9.17) is 23.2 Å². The molecule has 3 rings (SSSR count). The standard InChI is InChI=1S/C20H13Cl2F6N3O2S/c21-17-18(22)31(10-29-17)15-7-4-12(9-14(15)19(23,24)25)30-16(32)8-3-11-1-5-13(6-2-11)34(33)20(26,27)28/h1-2,4-7,9-10H,3,8H2,(H,30,32). The van der Waals surface area contributed by atoms with Crippen molar-refractivity contribution in [2.24, 2.45) is 0 Å². The molecule has 1 atom stereocenters. The Labute approximate surface area is 201 Å². The number of hydrogen-bond acceptors (Lipinski definition) is 3. The molecule has 0 bridgehead atoms. The van der Waals surface area contributed by atoms with Crippen LogP contribution in [0.3, 0.4) is 0 Å². The van der Waals surface area contributed by atoms with Crippen molar-refractivity contribution in [2.45, 2.75) is 29.4 Å². The van der Waals surface area contributed by atoms with Crippen LogP contribution in [0, 0.1) is 0 Å². The number of anilines is 1. The van der Waals surface area contributed by atoms with E-state index in [0.29, 0.717) is 5.56 Å². The van der Waals surface area contributed by atoms with E-state index in [-0.39, 0.29) is 34.5 Å². The van der Waals surface area contributed by atoms with E-state index in [0.717, 1.165) is 35.2 Å². The summed E-state index contributed by atoms with van der Waals surface area (Å²) in [6.45, 7) is 0. The minimum Gasteiger partial charge on any atom is -0.326 e. The van der Waals surface area contributed by atoms with E-state index < -0.39 is 38.9 Å². The number of alkyl halides is 6. The monoisotopic (exact) mass is 543 g/mol. The number of carbonyl (C=O) groups excluding carboxylic acids is 1. The van der Waals surface area contributed by atoms with Gasteiger partial charge in [0, 0.05) is 17.0 Å². The second-order valence-electron chi connectivity index (χ2n) is 6.83. The zero-order valence-electron chi connectivity index (χ0n) is 16.7. The zero-order chi connectivity index (χ0) is 25.3. The highest BCUT2D eigenvalue weighted by molar-refractivity contribution is 7.86. The summed E-state index contributed by atoms with van der Waals surface area (Å²) in [4.78, 5) is 15.4. The quantitative estimate of drug-likeness (QED) is 0.366. The van der Waals surface area contributed by atoms with Gasteiger partial charge in [0.05, 0.1) is 11.3 Å². The van der Waals surface area contributed by atoms with Crippen LogP contribution in [-0.2, 0) is 28.2 Å². The Kier molecular flexibility index (Phi) is 7.63. The lowest BCUT2D eigenvalue weighted by molar-refractivity contribution is -0.137. The van der Waals surface area contributed by atoms with Gasteiger partial charge in [-0.3, -0.25) is 9.36 Å². The summed E-state index contributed by atoms with van der Waals surface area (Å²) in [5, 5.41) is 1.96. The summed E-state index contributed by atoms with van der Waals surface area (Å²) >= 11 is 11.6. The van der Waals surface area contributed by atoms with E-state index in [1.54, 1.807) is 0 Å². The van der Waals surface area contributed by atoms with Gasteiger partial charge in [-0.25, -0.2) is 9.19 Å². The van der Waals surface area contributed by atoms with Crippen LogP contribution in [0.5, 0.6) is 0 Å². The van der Waals surface area contributed by atoms with E-state index in [1.165, 1.54) is 18.2 Å². The van der Waals surface area contributed by atoms with Crippen LogP contribution in [0.25, 0.3) is 5.69 Å². The van der Waals surface area contributed by atoms with Crippen molar-refractivity contribution in [1.29, 1.82) is 0 Å². The first-order valence-electron chi connectivity index (χ1n) is 9.24. The summed E-state index contributed by atoms with van der Waals surface area (Å²) in [6.07, 6.45) is -3.82.